The molecule has 1 saturated heterocycles. The minimum atomic E-state index is -0.593. The molecule has 0 bridgehead atoms. The zero-order valence-corrected chi connectivity index (χ0v) is 11.7. The van der Waals surface area contributed by atoms with Crippen molar-refractivity contribution in [2.24, 2.45) is 0 Å². The Morgan fingerprint density at radius 3 is 2.90 bits per heavy atom. The van der Waals surface area contributed by atoms with Crippen LogP contribution in [0, 0.1) is 0 Å². The molecule has 21 heavy (non-hydrogen) atoms. The Bertz CT molecular complexity index is 500. The third-order valence-corrected chi connectivity index (χ3v) is 3.24. The minimum Gasteiger partial charge on any atom is -0.356 e. The molecule has 1 fully saturated rings. The van der Waals surface area contributed by atoms with Gasteiger partial charge in [-0.3, -0.25) is 14.9 Å². The molecule has 1 aromatic heterocycles. The van der Waals surface area contributed by atoms with E-state index in [1.54, 1.807) is 12.5 Å². The van der Waals surface area contributed by atoms with Crippen molar-refractivity contribution in [3.05, 3.63) is 18.7 Å². The highest BCUT2D eigenvalue weighted by atomic mass is 16.2. The fourth-order valence-electron chi connectivity index (χ4n) is 2.09. The van der Waals surface area contributed by atoms with Crippen molar-refractivity contribution >= 4 is 17.8 Å². The Balaban J connectivity index is 1.51. The number of hydrogen-bond acceptors (Lipinski definition) is 4. The highest BCUT2D eigenvalue weighted by Gasteiger charge is 2.29. The summed E-state index contributed by atoms with van der Waals surface area (Å²) in [5.74, 6) is -0.472. The number of urea groups is 1. The van der Waals surface area contributed by atoms with Crippen LogP contribution in [0.5, 0.6) is 0 Å². The van der Waals surface area contributed by atoms with Crippen molar-refractivity contribution in [2.75, 3.05) is 6.54 Å². The second-order valence-electron chi connectivity index (χ2n) is 4.91. The third-order valence-electron chi connectivity index (χ3n) is 3.24. The Labute approximate surface area is 122 Å². The zero-order chi connectivity index (χ0) is 15.1. The fraction of sp³-hybridized carbons (Fsp3) is 0.538. The van der Waals surface area contributed by atoms with Gasteiger partial charge in [-0.1, -0.05) is 0 Å². The van der Waals surface area contributed by atoms with Gasteiger partial charge in [-0.15, -0.1) is 0 Å². The number of nitrogens with zero attached hydrogens (tertiary/aromatic N) is 2. The predicted octanol–water partition coefficient (Wildman–Crippen LogP) is -0.232. The van der Waals surface area contributed by atoms with Crippen molar-refractivity contribution in [2.45, 2.75) is 38.3 Å². The fourth-order valence-corrected chi connectivity index (χ4v) is 2.09. The van der Waals surface area contributed by atoms with Gasteiger partial charge in [-0.25, -0.2) is 9.78 Å². The number of aromatic nitrogens is 2. The summed E-state index contributed by atoms with van der Waals surface area (Å²) in [4.78, 5) is 37.7. The summed E-state index contributed by atoms with van der Waals surface area (Å²) < 4.78 is 1.99. The normalized spacial score (nSPS) is 17.4. The molecular weight excluding hydrogens is 274 g/mol. The van der Waals surface area contributed by atoms with Gasteiger partial charge in [0.05, 0.1) is 6.33 Å². The lowest BCUT2D eigenvalue weighted by Gasteiger charge is -2.08. The van der Waals surface area contributed by atoms with Gasteiger partial charge >= 0.3 is 6.03 Å². The summed E-state index contributed by atoms with van der Waals surface area (Å²) in [7, 11) is 0. The van der Waals surface area contributed by atoms with Gasteiger partial charge in [0.1, 0.15) is 6.04 Å². The molecule has 1 unspecified atom stereocenters. The second kappa shape index (κ2) is 7.41. The Morgan fingerprint density at radius 2 is 2.24 bits per heavy atom. The standard InChI is InChI=1S/C13H19N5O3/c19-11(4-3-10-12(20)17-13(21)16-10)15-5-1-2-7-18-8-6-14-9-18/h6,8-10H,1-5,7H2,(H,15,19)(H2,16,17,20,21). The summed E-state index contributed by atoms with van der Waals surface area (Å²) >= 11 is 0. The molecule has 0 spiro atoms. The number of nitrogens with one attached hydrogen (secondary N) is 3. The predicted molar refractivity (Wildman–Crippen MR) is 74.2 cm³/mol. The molecule has 1 aliphatic heterocycles. The second-order valence-corrected chi connectivity index (χ2v) is 4.91. The summed E-state index contributed by atoms with van der Waals surface area (Å²) in [6, 6.07) is -1.09. The van der Waals surface area contributed by atoms with Crippen molar-refractivity contribution in [1.82, 2.24) is 25.5 Å². The van der Waals surface area contributed by atoms with Crippen LogP contribution in [0.2, 0.25) is 0 Å². The van der Waals surface area contributed by atoms with Crippen LogP contribution in [0.1, 0.15) is 25.7 Å². The lowest BCUT2D eigenvalue weighted by atomic mass is 10.1. The van der Waals surface area contributed by atoms with Gasteiger partial charge < -0.3 is 15.2 Å². The number of carbonyl (C=O) groups excluding carboxylic acids is 3. The Kier molecular flexibility index (Phi) is 5.30. The zero-order valence-electron chi connectivity index (χ0n) is 11.7. The average Bonchev–Trinajstić information content (AvgIpc) is 3.06. The van der Waals surface area contributed by atoms with Crippen molar-refractivity contribution in [3.8, 4) is 0 Å². The summed E-state index contributed by atoms with van der Waals surface area (Å²) in [5.41, 5.74) is 0. The smallest absolute Gasteiger partial charge is 0.322 e. The van der Waals surface area contributed by atoms with Gasteiger partial charge in [-0.05, 0) is 19.3 Å². The first kappa shape index (κ1) is 15.0. The van der Waals surface area contributed by atoms with E-state index in [1.807, 2.05) is 10.8 Å². The quantitative estimate of drug-likeness (QED) is 0.454. The van der Waals surface area contributed by atoms with Crippen LogP contribution >= 0.6 is 0 Å². The molecule has 1 aliphatic rings. The van der Waals surface area contributed by atoms with E-state index in [4.69, 9.17) is 0 Å². The molecule has 3 N–H and O–H groups in total. The van der Waals surface area contributed by atoms with E-state index in [1.165, 1.54) is 0 Å². The van der Waals surface area contributed by atoms with Crippen molar-refractivity contribution in [3.63, 3.8) is 0 Å². The molecule has 0 aliphatic carbocycles. The number of unbranched alkanes of at least 4 members (excludes halogenated alkanes) is 1. The van der Waals surface area contributed by atoms with Gasteiger partial charge in [0, 0.05) is 31.9 Å². The number of imide groups is 1. The number of amides is 4. The van der Waals surface area contributed by atoms with Crippen molar-refractivity contribution in [1.29, 1.82) is 0 Å². The highest BCUT2D eigenvalue weighted by Crippen LogP contribution is 2.02. The molecule has 8 nitrogen and oxygen atoms in total. The first-order chi connectivity index (χ1) is 10.1. The molecule has 8 heteroatoms. The van der Waals surface area contributed by atoms with Gasteiger partial charge in [0.15, 0.2) is 0 Å². The van der Waals surface area contributed by atoms with E-state index in [0.29, 0.717) is 13.0 Å². The third kappa shape index (κ3) is 4.90. The lowest BCUT2D eigenvalue weighted by Crippen LogP contribution is -2.32. The number of carbonyl (C=O) groups is 3. The number of aryl methyl sites for hydroxylation is 1. The molecule has 1 atom stereocenters. The number of rotatable bonds is 8. The molecular formula is C13H19N5O3. The molecule has 0 saturated carbocycles. The highest BCUT2D eigenvalue weighted by molar-refractivity contribution is 6.04. The number of imidazole rings is 1. The molecule has 4 amide bonds. The summed E-state index contributed by atoms with van der Waals surface area (Å²) in [6.07, 6.45) is 7.78. The van der Waals surface area contributed by atoms with E-state index in [0.717, 1.165) is 19.4 Å². The molecule has 0 aromatic carbocycles. The lowest BCUT2D eigenvalue weighted by molar-refractivity contribution is -0.122. The summed E-state index contributed by atoms with van der Waals surface area (Å²) in [6.45, 7) is 1.49. The van der Waals surface area contributed by atoms with E-state index >= 15 is 0 Å². The van der Waals surface area contributed by atoms with Gasteiger partial charge in [0.2, 0.25) is 5.91 Å². The van der Waals surface area contributed by atoms with Crippen LogP contribution < -0.4 is 16.0 Å². The van der Waals surface area contributed by atoms with Gasteiger partial charge in [-0.2, -0.15) is 0 Å². The van der Waals surface area contributed by atoms with Crippen LogP contribution in [0.3, 0.4) is 0 Å². The maximum Gasteiger partial charge on any atom is 0.322 e. The molecule has 114 valence electrons. The van der Waals surface area contributed by atoms with Crippen molar-refractivity contribution < 1.29 is 14.4 Å². The van der Waals surface area contributed by atoms with E-state index < -0.39 is 12.1 Å². The molecule has 2 heterocycles. The summed E-state index contributed by atoms with van der Waals surface area (Å²) in [5, 5.41) is 7.40. The van der Waals surface area contributed by atoms with E-state index in [9.17, 15) is 14.4 Å². The first-order valence-electron chi connectivity index (χ1n) is 6.99. The molecule has 0 radical (unpaired) electrons. The molecule has 2 rings (SSSR count). The molecule has 1 aromatic rings. The largest absolute Gasteiger partial charge is 0.356 e. The average molecular weight is 293 g/mol. The minimum absolute atomic E-state index is 0.105. The van der Waals surface area contributed by atoms with E-state index in [-0.39, 0.29) is 18.2 Å². The van der Waals surface area contributed by atoms with Crippen LogP contribution in [0.4, 0.5) is 4.79 Å². The van der Waals surface area contributed by atoms with Crippen LogP contribution in [-0.4, -0.2) is 40.0 Å². The topological polar surface area (TPSA) is 105 Å². The maximum absolute atomic E-state index is 11.6. The SMILES string of the molecule is O=C(CCC1NC(=O)NC1=O)NCCCCn1ccnc1. The van der Waals surface area contributed by atoms with Crippen LogP contribution in [0.15, 0.2) is 18.7 Å². The Hall–Kier alpha value is -2.38. The maximum atomic E-state index is 11.6. The van der Waals surface area contributed by atoms with Crippen LogP contribution in [-0.2, 0) is 16.1 Å². The van der Waals surface area contributed by atoms with E-state index in [2.05, 4.69) is 20.9 Å². The monoisotopic (exact) mass is 293 g/mol. The first-order valence-corrected chi connectivity index (χ1v) is 6.99. The van der Waals surface area contributed by atoms with Crippen LogP contribution in [0.25, 0.3) is 0 Å². The Morgan fingerprint density at radius 1 is 1.38 bits per heavy atom. The number of hydrogen-bond donors (Lipinski definition) is 3. The van der Waals surface area contributed by atoms with Gasteiger partial charge in [0.25, 0.3) is 5.91 Å².